The summed E-state index contributed by atoms with van der Waals surface area (Å²) in [5.41, 5.74) is 7.44. The van der Waals surface area contributed by atoms with Gasteiger partial charge >= 0.3 is 0 Å². The Labute approximate surface area is 75.8 Å². The molecule has 0 fully saturated rings. The highest BCUT2D eigenvalue weighted by molar-refractivity contribution is 5.55. The van der Waals surface area contributed by atoms with Crippen molar-refractivity contribution in [2.24, 2.45) is 0 Å². The summed E-state index contributed by atoms with van der Waals surface area (Å²) >= 11 is 0. The summed E-state index contributed by atoms with van der Waals surface area (Å²) in [6.45, 7) is 1.90. The summed E-state index contributed by atoms with van der Waals surface area (Å²) in [4.78, 5) is 11.3. The van der Waals surface area contributed by atoms with Crippen molar-refractivity contribution < 1.29 is 0 Å². The minimum atomic E-state index is 0.503. The molecule has 2 aromatic heterocycles. The monoisotopic (exact) mass is 174 g/mol. The van der Waals surface area contributed by atoms with Gasteiger partial charge in [-0.2, -0.15) is 0 Å². The van der Waals surface area contributed by atoms with E-state index in [-0.39, 0.29) is 0 Å². The first-order chi connectivity index (χ1) is 6.25. The van der Waals surface area contributed by atoms with Crippen LogP contribution in [0.15, 0.2) is 24.5 Å². The van der Waals surface area contributed by atoms with Crippen molar-refractivity contribution in [2.45, 2.75) is 6.92 Å². The van der Waals surface area contributed by atoms with Gasteiger partial charge in [0.15, 0.2) is 5.82 Å². The predicted molar refractivity (Wildman–Crippen MR) is 51.0 cm³/mol. The number of rotatable bonds is 1. The molecule has 0 aliphatic rings. The molecule has 2 heterocycles. The number of aryl methyl sites for hydroxylation is 1. The molecule has 4 nitrogen and oxygen atoms in total. The van der Waals surface area contributed by atoms with Crippen LogP contribution in [0.3, 0.4) is 0 Å². The van der Waals surface area contributed by atoms with Crippen LogP contribution in [0.5, 0.6) is 0 Å². The highest BCUT2D eigenvalue weighted by atomic mass is 14.9. The van der Waals surface area contributed by atoms with Crippen molar-refractivity contribution in [2.75, 3.05) is 5.73 Å². The first-order valence-electron chi connectivity index (χ1n) is 4.00. The lowest BCUT2D eigenvalue weighted by molar-refractivity contribution is 1.12. The average molecular weight is 174 g/mol. The van der Waals surface area contributed by atoms with Gasteiger partial charge in [0.25, 0.3) is 0 Å². The van der Waals surface area contributed by atoms with E-state index in [4.69, 9.17) is 5.73 Å². The van der Waals surface area contributed by atoms with E-state index in [0.29, 0.717) is 11.6 Å². The second-order valence-electron chi connectivity index (χ2n) is 2.86. The van der Waals surface area contributed by atoms with E-state index in [9.17, 15) is 0 Å². The number of hydrogen-bond acceptors (Lipinski definition) is 3. The maximum Gasteiger partial charge on any atom is 0.163 e. The zero-order valence-electron chi connectivity index (χ0n) is 7.28. The van der Waals surface area contributed by atoms with E-state index in [2.05, 4.69) is 15.0 Å². The van der Waals surface area contributed by atoms with E-state index < -0.39 is 0 Å². The second kappa shape index (κ2) is 2.90. The van der Waals surface area contributed by atoms with E-state index in [1.54, 1.807) is 6.07 Å². The lowest BCUT2D eigenvalue weighted by Crippen LogP contribution is -1.96. The molecule has 0 bridgehead atoms. The van der Waals surface area contributed by atoms with E-state index in [0.717, 1.165) is 11.3 Å². The van der Waals surface area contributed by atoms with Crippen LogP contribution >= 0.6 is 0 Å². The Balaban J connectivity index is 2.53. The largest absolute Gasteiger partial charge is 0.384 e. The molecule has 4 heteroatoms. The molecule has 0 amide bonds. The van der Waals surface area contributed by atoms with Crippen LogP contribution in [0.25, 0.3) is 11.4 Å². The zero-order valence-corrected chi connectivity index (χ0v) is 7.28. The minimum absolute atomic E-state index is 0.503. The molecule has 2 rings (SSSR count). The summed E-state index contributed by atoms with van der Waals surface area (Å²) in [7, 11) is 0. The number of H-pyrrole nitrogens is 1. The molecule has 0 aliphatic carbocycles. The average Bonchev–Trinajstić information content (AvgIpc) is 2.53. The molecular formula is C9H10N4. The quantitative estimate of drug-likeness (QED) is 0.686. The lowest BCUT2D eigenvalue weighted by atomic mass is 10.3. The third kappa shape index (κ3) is 1.51. The third-order valence-electron chi connectivity index (χ3n) is 1.73. The molecule has 66 valence electrons. The van der Waals surface area contributed by atoms with Gasteiger partial charge in [0.05, 0.1) is 0 Å². The molecule has 0 radical (unpaired) electrons. The van der Waals surface area contributed by atoms with Gasteiger partial charge in [-0.3, -0.25) is 0 Å². The number of nitrogens with zero attached hydrogens (tertiary/aromatic N) is 2. The fourth-order valence-corrected chi connectivity index (χ4v) is 1.18. The molecule has 0 saturated heterocycles. The van der Waals surface area contributed by atoms with Crippen molar-refractivity contribution in [1.29, 1.82) is 0 Å². The molecular weight excluding hydrogens is 164 g/mol. The molecule has 0 spiro atoms. The molecule has 0 aliphatic heterocycles. The van der Waals surface area contributed by atoms with Crippen LogP contribution < -0.4 is 5.73 Å². The van der Waals surface area contributed by atoms with Crippen molar-refractivity contribution in [3.8, 4) is 11.4 Å². The number of aromatic nitrogens is 3. The Kier molecular flexibility index (Phi) is 1.73. The Hall–Kier alpha value is -1.84. The molecule has 0 atom stereocenters. The summed E-state index contributed by atoms with van der Waals surface area (Å²) in [5.74, 6) is 1.17. The topological polar surface area (TPSA) is 67.6 Å². The van der Waals surface area contributed by atoms with Gasteiger partial charge in [0.1, 0.15) is 5.82 Å². The Morgan fingerprint density at radius 3 is 2.85 bits per heavy atom. The fraction of sp³-hybridized carbons (Fsp3) is 0.111. The van der Waals surface area contributed by atoms with Gasteiger partial charge in [0.2, 0.25) is 0 Å². The van der Waals surface area contributed by atoms with Crippen molar-refractivity contribution in [1.82, 2.24) is 15.0 Å². The van der Waals surface area contributed by atoms with Crippen LogP contribution in [-0.4, -0.2) is 15.0 Å². The zero-order chi connectivity index (χ0) is 9.26. The highest BCUT2D eigenvalue weighted by Gasteiger charge is 2.02. The Morgan fingerprint density at radius 1 is 1.38 bits per heavy atom. The first kappa shape index (κ1) is 7.79. The normalized spacial score (nSPS) is 10.2. The molecule has 0 unspecified atom stereocenters. The van der Waals surface area contributed by atoms with Crippen molar-refractivity contribution in [3.63, 3.8) is 0 Å². The molecule has 0 saturated carbocycles. The summed E-state index contributed by atoms with van der Waals surface area (Å²) in [6, 6.07) is 3.66. The third-order valence-corrected chi connectivity index (χ3v) is 1.73. The van der Waals surface area contributed by atoms with Crippen LogP contribution in [0.2, 0.25) is 0 Å². The predicted octanol–water partition coefficient (Wildman–Crippen LogP) is 1.36. The van der Waals surface area contributed by atoms with Gasteiger partial charge in [-0.1, -0.05) is 0 Å². The SMILES string of the molecule is Cc1cc(N)nc(-c2cc[nH]c2)n1. The number of anilines is 1. The maximum atomic E-state index is 5.60. The Morgan fingerprint density at radius 2 is 2.23 bits per heavy atom. The van der Waals surface area contributed by atoms with Crippen LogP contribution in [0.4, 0.5) is 5.82 Å². The minimum Gasteiger partial charge on any atom is -0.384 e. The second-order valence-corrected chi connectivity index (χ2v) is 2.86. The summed E-state index contributed by atoms with van der Waals surface area (Å²) in [5, 5.41) is 0. The van der Waals surface area contributed by atoms with Crippen LogP contribution in [-0.2, 0) is 0 Å². The number of nitrogens with two attached hydrogens (primary N) is 1. The molecule has 2 aromatic rings. The number of nitrogens with one attached hydrogen (secondary N) is 1. The molecule has 3 N–H and O–H groups in total. The molecule has 0 aromatic carbocycles. The van der Waals surface area contributed by atoms with Gasteiger partial charge in [-0.05, 0) is 13.0 Å². The smallest absolute Gasteiger partial charge is 0.163 e. The van der Waals surface area contributed by atoms with Gasteiger partial charge in [0, 0.05) is 29.7 Å². The maximum absolute atomic E-state index is 5.60. The van der Waals surface area contributed by atoms with Crippen LogP contribution in [0, 0.1) is 6.92 Å². The van der Waals surface area contributed by atoms with Crippen molar-refractivity contribution in [3.05, 3.63) is 30.2 Å². The summed E-state index contributed by atoms with van der Waals surface area (Å²) < 4.78 is 0. The molecule has 13 heavy (non-hydrogen) atoms. The van der Waals surface area contributed by atoms with Crippen LogP contribution in [0.1, 0.15) is 5.69 Å². The van der Waals surface area contributed by atoms with E-state index in [1.165, 1.54) is 0 Å². The van der Waals surface area contributed by atoms with E-state index >= 15 is 0 Å². The highest BCUT2D eigenvalue weighted by Crippen LogP contribution is 2.15. The number of aromatic amines is 1. The Bertz CT molecular complexity index is 385. The van der Waals surface area contributed by atoms with Gasteiger partial charge in [-0.25, -0.2) is 9.97 Å². The van der Waals surface area contributed by atoms with E-state index in [1.807, 2.05) is 25.4 Å². The van der Waals surface area contributed by atoms with Gasteiger partial charge < -0.3 is 10.7 Å². The van der Waals surface area contributed by atoms with Crippen molar-refractivity contribution >= 4 is 5.82 Å². The standard InChI is InChI=1S/C9H10N4/c1-6-4-8(10)13-9(12-6)7-2-3-11-5-7/h2-5,11H,1H3,(H2,10,12,13). The fourth-order valence-electron chi connectivity index (χ4n) is 1.18. The van der Waals surface area contributed by atoms with Gasteiger partial charge in [-0.15, -0.1) is 0 Å². The lowest BCUT2D eigenvalue weighted by Gasteiger charge is -1.99. The number of hydrogen-bond donors (Lipinski definition) is 2. The first-order valence-corrected chi connectivity index (χ1v) is 4.00. The summed E-state index contributed by atoms with van der Waals surface area (Å²) in [6.07, 6.45) is 3.67. The number of nitrogen functional groups attached to an aromatic ring is 1.